The molecule has 0 bridgehead atoms. The van der Waals surface area contributed by atoms with Gasteiger partial charge >= 0.3 is 5.97 Å². The number of anilines is 1. The number of amides is 1. The smallest absolute Gasteiger partial charge is 0.341 e. The van der Waals surface area contributed by atoms with Crippen LogP contribution in [0.25, 0.3) is 0 Å². The van der Waals surface area contributed by atoms with Gasteiger partial charge in [0.1, 0.15) is 0 Å². The molecule has 3 N–H and O–H groups in total. The van der Waals surface area contributed by atoms with Gasteiger partial charge in [-0.2, -0.15) is 0 Å². The Morgan fingerprint density at radius 1 is 1.21 bits per heavy atom. The third-order valence-corrected chi connectivity index (χ3v) is 3.87. The molecule has 1 atom stereocenters. The highest BCUT2D eigenvalue weighted by Gasteiger charge is 2.19. The fraction of sp³-hybridized carbons (Fsp3) is 0.263. The maximum Gasteiger partial charge on any atom is 0.341 e. The number of nitro benzene ring substituents is 1. The number of benzene rings is 2. The van der Waals surface area contributed by atoms with Crippen molar-refractivity contribution in [2.45, 2.75) is 13.0 Å². The highest BCUT2D eigenvalue weighted by Crippen LogP contribution is 2.23. The number of rotatable bonds is 9. The fourth-order valence-electron chi connectivity index (χ4n) is 2.48. The molecule has 9 nitrogen and oxygen atoms in total. The first-order valence-corrected chi connectivity index (χ1v) is 8.57. The first kappa shape index (κ1) is 20.8. The number of nitro groups is 1. The molecule has 148 valence electrons. The van der Waals surface area contributed by atoms with Gasteiger partial charge < -0.3 is 20.5 Å². The second kappa shape index (κ2) is 10.0. The number of non-ortho nitro benzene ring substituents is 1. The molecule has 2 aromatic rings. The fourth-order valence-corrected chi connectivity index (χ4v) is 2.48. The second-order valence-corrected chi connectivity index (χ2v) is 5.91. The number of hydrogen-bond acceptors (Lipinski definition) is 7. The van der Waals surface area contributed by atoms with Gasteiger partial charge in [-0.25, -0.2) is 4.79 Å². The Balaban J connectivity index is 2.02. The molecular formula is C19H21N3O6. The minimum Gasteiger partial charge on any atom is -0.452 e. The maximum atomic E-state index is 12.3. The Hall–Kier alpha value is -3.46. The van der Waals surface area contributed by atoms with Crippen LogP contribution in [0.15, 0.2) is 48.5 Å². The van der Waals surface area contributed by atoms with Crippen LogP contribution in [0.2, 0.25) is 0 Å². The van der Waals surface area contributed by atoms with Crippen LogP contribution in [0.1, 0.15) is 28.9 Å². The Bertz CT molecular complexity index is 841. The van der Waals surface area contributed by atoms with E-state index in [0.717, 1.165) is 11.6 Å². The van der Waals surface area contributed by atoms with Gasteiger partial charge in [0.05, 0.1) is 23.1 Å². The van der Waals surface area contributed by atoms with Crippen molar-refractivity contribution in [3.05, 3.63) is 69.8 Å². The zero-order chi connectivity index (χ0) is 20.5. The molecule has 0 aliphatic carbocycles. The first-order chi connectivity index (χ1) is 13.4. The van der Waals surface area contributed by atoms with Gasteiger partial charge in [0.2, 0.25) is 0 Å². The van der Waals surface area contributed by atoms with Gasteiger partial charge in [0.25, 0.3) is 11.6 Å². The highest BCUT2D eigenvalue weighted by molar-refractivity contribution is 5.97. The first-order valence-electron chi connectivity index (χ1n) is 8.57. The van der Waals surface area contributed by atoms with Crippen LogP contribution < -0.4 is 10.6 Å². The molecule has 0 spiro atoms. The lowest BCUT2D eigenvalue weighted by Gasteiger charge is -2.15. The Morgan fingerprint density at radius 3 is 2.57 bits per heavy atom. The summed E-state index contributed by atoms with van der Waals surface area (Å²) in [7, 11) is 0. The van der Waals surface area contributed by atoms with E-state index in [4.69, 9.17) is 9.84 Å². The van der Waals surface area contributed by atoms with E-state index in [2.05, 4.69) is 10.6 Å². The summed E-state index contributed by atoms with van der Waals surface area (Å²) >= 11 is 0. The van der Waals surface area contributed by atoms with Crippen molar-refractivity contribution in [1.82, 2.24) is 5.32 Å². The van der Waals surface area contributed by atoms with Crippen LogP contribution in [0, 0.1) is 10.1 Å². The third kappa shape index (κ3) is 5.78. The van der Waals surface area contributed by atoms with E-state index in [9.17, 15) is 19.7 Å². The summed E-state index contributed by atoms with van der Waals surface area (Å²) in [5.74, 6) is -1.38. The average molecular weight is 387 g/mol. The molecule has 0 unspecified atom stereocenters. The van der Waals surface area contributed by atoms with Crippen LogP contribution in [0.5, 0.6) is 0 Å². The lowest BCUT2D eigenvalue weighted by molar-refractivity contribution is -0.384. The molecule has 0 saturated heterocycles. The lowest BCUT2D eigenvalue weighted by Crippen LogP contribution is -2.31. The van der Waals surface area contributed by atoms with Crippen LogP contribution in [-0.4, -0.2) is 41.7 Å². The van der Waals surface area contributed by atoms with Gasteiger partial charge in [0, 0.05) is 24.4 Å². The number of nitrogens with zero attached hydrogens (tertiary/aromatic N) is 1. The SMILES string of the molecule is C[C@@H](NC(=O)COC(=O)c1cc([N+](=O)[O-])ccc1NCCO)c1ccccc1. The van der Waals surface area contributed by atoms with E-state index in [1.165, 1.54) is 12.1 Å². The molecule has 2 aromatic carbocycles. The molecule has 0 aliphatic rings. The summed E-state index contributed by atoms with van der Waals surface area (Å²) in [5.41, 5.74) is 0.786. The minimum atomic E-state index is -0.883. The van der Waals surface area contributed by atoms with Crippen LogP contribution >= 0.6 is 0 Å². The zero-order valence-electron chi connectivity index (χ0n) is 15.3. The third-order valence-electron chi connectivity index (χ3n) is 3.87. The van der Waals surface area contributed by atoms with E-state index >= 15 is 0 Å². The summed E-state index contributed by atoms with van der Waals surface area (Å²) in [6.45, 7) is 1.23. The van der Waals surface area contributed by atoms with Gasteiger partial charge in [-0.15, -0.1) is 0 Å². The van der Waals surface area contributed by atoms with E-state index in [-0.39, 0.29) is 36.1 Å². The predicted molar refractivity (Wildman–Crippen MR) is 102 cm³/mol. The van der Waals surface area contributed by atoms with Gasteiger partial charge in [0.15, 0.2) is 6.61 Å². The average Bonchev–Trinajstić information content (AvgIpc) is 2.70. The Labute approximate surface area is 161 Å². The number of ether oxygens (including phenoxy) is 1. The molecule has 1 amide bonds. The number of hydrogen-bond donors (Lipinski definition) is 3. The number of esters is 1. The molecule has 0 aliphatic heterocycles. The largest absolute Gasteiger partial charge is 0.452 e. The lowest BCUT2D eigenvalue weighted by atomic mass is 10.1. The molecule has 0 saturated carbocycles. The molecule has 28 heavy (non-hydrogen) atoms. The predicted octanol–water partition coefficient (Wildman–Crippen LogP) is 2.03. The molecule has 9 heteroatoms. The normalized spacial score (nSPS) is 11.4. The molecular weight excluding hydrogens is 366 g/mol. The summed E-state index contributed by atoms with van der Waals surface area (Å²) in [4.78, 5) is 34.7. The van der Waals surface area contributed by atoms with E-state index in [1.54, 1.807) is 6.92 Å². The topological polar surface area (TPSA) is 131 Å². The van der Waals surface area contributed by atoms with Crippen molar-refractivity contribution in [2.75, 3.05) is 25.1 Å². The number of carbonyl (C=O) groups excluding carboxylic acids is 2. The molecule has 0 heterocycles. The molecule has 0 aromatic heterocycles. The summed E-state index contributed by atoms with van der Waals surface area (Å²) < 4.78 is 5.01. The van der Waals surface area contributed by atoms with Gasteiger partial charge in [-0.05, 0) is 18.6 Å². The van der Waals surface area contributed by atoms with Crippen LogP contribution in [0.3, 0.4) is 0 Å². The molecule has 2 rings (SSSR count). The Kier molecular flexibility index (Phi) is 7.46. The quantitative estimate of drug-likeness (QED) is 0.341. The summed E-state index contributed by atoms with van der Waals surface area (Å²) in [6, 6.07) is 12.6. The van der Waals surface area contributed by atoms with E-state index in [0.29, 0.717) is 0 Å². The van der Waals surface area contributed by atoms with Crippen molar-refractivity contribution in [3.63, 3.8) is 0 Å². The summed E-state index contributed by atoms with van der Waals surface area (Å²) in [6.07, 6.45) is 0. The van der Waals surface area contributed by atoms with Crippen LogP contribution in [-0.2, 0) is 9.53 Å². The molecule has 0 fully saturated rings. The van der Waals surface area contributed by atoms with Gasteiger partial charge in [-0.3, -0.25) is 14.9 Å². The van der Waals surface area contributed by atoms with Crippen molar-refractivity contribution in [3.8, 4) is 0 Å². The van der Waals surface area contributed by atoms with Gasteiger partial charge in [-0.1, -0.05) is 30.3 Å². The van der Waals surface area contributed by atoms with Crippen LogP contribution in [0.4, 0.5) is 11.4 Å². The highest BCUT2D eigenvalue weighted by atomic mass is 16.6. The minimum absolute atomic E-state index is 0.0912. The Morgan fingerprint density at radius 2 is 1.93 bits per heavy atom. The standard InChI is InChI=1S/C19H21N3O6/c1-13(14-5-3-2-4-6-14)21-18(24)12-28-19(25)16-11-15(22(26)27)7-8-17(16)20-9-10-23/h2-8,11,13,20,23H,9-10,12H2,1H3,(H,21,24)/t13-/m1/s1. The van der Waals surface area contributed by atoms with E-state index < -0.39 is 23.4 Å². The zero-order valence-corrected chi connectivity index (χ0v) is 15.3. The van der Waals surface area contributed by atoms with Crippen molar-refractivity contribution < 1.29 is 24.4 Å². The van der Waals surface area contributed by atoms with Crippen molar-refractivity contribution in [2.24, 2.45) is 0 Å². The summed E-state index contributed by atoms with van der Waals surface area (Å²) in [5, 5.41) is 25.4. The number of aliphatic hydroxyl groups excluding tert-OH is 1. The molecule has 0 radical (unpaired) electrons. The van der Waals surface area contributed by atoms with E-state index in [1.807, 2.05) is 30.3 Å². The van der Waals surface area contributed by atoms with Crippen molar-refractivity contribution in [1.29, 1.82) is 0 Å². The number of carbonyl (C=O) groups is 2. The maximum absolute atomic E-state index is 12.3. The van der Waals surface area contributed by atoms with Crippen molar-refractivity contribution >= 4 is 23.3 Å². The number of aliphatic hydroxyl groups is 1. The monoisotopic (exact) mass is 387 g/mol. The number of nitrogens with one attached hydrogen (secondary N) is 2. The second-order valence-electron chi connectivity index (χ2n) is 5.91.